The second-order valence-electron chi connectivity index (χ2n) is 5.52. The fourth-order valence-electron chi connectivity index (χ4n) is 2.30. The van der Waals surface area contributed by atoms with E-state index in [1.54, 1.807) is 24.4 Å². The smallest absolute Gasteiger partial charge is 0.354 e. The molecule has 0 spiro atoms. The average molecular weight is 406 g/mol. The van der Waals surface area contributed by atoms with Gasteiger partial charge in [-0.3, -0.25) is 19.9 Å². The standard InChI is InChI=1S/C18H13F3N4O2S/c1-22-16(27)14-13(12-4-2-3-9-23-12)24-17(28-14)25-15(26)10-5-7-11(8-6-10)18(19,20)21/h2-9H,1H3,(H,22,27)(H,24,25,26). The maximum absolute atomic E-state index is 12.6. The maximum Gasteiger partial charge on any atom is 0.416 e. The summed E-state index contributed by atoms with van der Waals surface area (Å²) in [4.78, 5) is 33.1. The van der Waals surface area contributed by atoms with Crippen LogP contribution in [0.1, 0.15) is 25.6 Å². The molecule has 0 bridgehead atoms. The lowest BCUT2D eigenvalue weighted by Gasteiger charge is -2.07. The summed E-state index contributed by atoms with van der Waals surface area (Å²) < 4.78 is 37.9. The number of halogens is 3. The van der Waals surface area contributed by atoms with Crippen molar-refractivity contribution in [2.45, 2.75) is 6.18 Å². The van der Waals surface area contributed by atoms with Crippen LogP contribution in [0, 0.1) is 0 Å². The fraction of sp³-hybridized carbons (Fsp3) is 0.111. The second kappa shape index (κ2) is 7.77. The Hall–Kier alpha value is -3.27. The van der Waals surface area contributed by atoms with Gasteiger partial charge in [0.1, 0.15) is 10.6 Å². The van der Waals surface area contributed by atoms with Gasteiger partial charge in [0.05, 0.1) is 11.3 Å². The SMILES string of the molecule is CNC(=O)c1sc(NC(=O)c2ccc(C(F)(F)F)cc2)nc1-c1ccccn1. The minimum atomic E-state index is -4.48. The number of benzene rings is 1. The van der Waals surface area contributed by atoms with Gasteiger partial charge in [0.15, 0.2) is 5.13 Å². The summed E-state index contributed by atoms with van der Waals surface area (Å²) in [6, 6.07) is 8.91. The van der Waals surface area contributed by atoms with Crippen LogP contribution in [0.25, 0.3) is 11.4 Å². The summed E-state index contributed by atoms with van der Waals surface area (Å²) in [5.41, 5.74) is -0.0678. The summed E-state index contributed by atoms with van der Waals surface area (Å²) in [6.07, 6.45) is -2.94. The number of nitrogens with zero attached hydrogens (tertiary/aromatic N) is 2. The summed E-state index contributed by atoms with van der Waals surface area (Å²) >= 11 is 0.942. The number of aromatic nitrogens is 2. The molecule has 0 unspecified atom stereocenters. The molecule has 6 nitrogen and oxygen atoms in total. The molecule has 144 valence electrons. The zero-order valence-electron chi connectivity index (χ0n) is 14.4. The molecule has 0 radical (unpaired) electrons. The highest BCUT2D eigenvalue weighted by Crippen LogP contribution is 2.31. The first-order valence-corrected chi connectivity index (χ1v) is 8.74. The first-order valence-electron chi connectivity index (χ1n) is 7.92. The summed E-state index contributed by atoms with van der Waals surface area (Å²) in [5.74, 6) is -1.04. The maximum atomic E-state index is 12.6. The Balaban J connectivity index is 1.87. The van der Waals surface area contributed by atoms with Crippen LogP contribution in [0.5, 0.6) is 0 Å². The van der Waals surface area contributed by atoms with Gasteiger partial charge in [-0.15, -0.1) is 0 Å². The van der Waals surface area contributed by atoms with Crippen molar-refractivity contribution in [2.75, 3.05) is 12.4 Å². The van der Waals surface area contributed by atoms with Crippen LogP contribution in [0.15, 0.2) is 48.7 Å². The summed E-state index contributed by atoms with van der Waals surface area (Å²) in [5, 5.41) is 5.13. The van der Waals surface area contributed by atoms with Gasteiger partial charge in [-0.25, -0.2) is 4.98 Å². The van der Waals surface area contributed by atoms with Crippen LogP contribution in [-0.4, -0.2) is 28.8 Å². The molecule has 28 heavy (non-hydrogen) atoms. The third-order valence-electron chi connectivity index (χ3n) is 3.66. The number of hydrogen-bond donors (Lipinski definition) is 2. The van der Waals surface area contributed by atoms with E-state index in [1.165, 1.54) is 7.05 Å². The van der Waals surface area contributed by atoms with Crippen molar-refractivity contribution in [1.82, 2.24) is 15.3 Å². The lowest BCUT2D eigenvalue weighted by molar-refractivity contribution is -0.137. The van der Waals surface area contributed by atoms with E-state index in [2.05, 4.69) is 20.6 Å². The number of hydrogen-bond acceptors (Lipinski definition) is 5. The molecule has 0 aliphatic heterocycles. The topological polar surface area (TPSA) is 84.0 Å². The number of carbonyl (C=O) groups excluding carboxylic acids is 2. The first kappa shape index (κ1) is 19.5. The predicted molar refractivity (Wildman–Crippen MR) is 98.1 cm³/mol. The minimum absolute atomic E-state index is 0.0316. The molecule has 2 aromatic heterocycles. The zero-order valence-corrected chi connectivity index (χ0v) is 15.2. The quantitative estimate of drug-likeness (QED) is 0.690. The molecule has 10 heteroatoms. The molecule has 2 heterocycles. The van der Waals surface area contributed by atoms with Crippen LogP contribution in [-0.2, 0) is 6.18 Å². The number of rotatable bonds is 4. The molecule has 0 saturated carbocycles. The average Bonchev–Trinajstić information content (AvgIpc) is 3.11. The highest BCUT2D eigenvalue weighted by Gasteiger charge is 2.30. The zero-order chi connectivity index (χ0) is 20.3. The molecule has 1 aromatic carbocycles. The Morgan fingerprint density at radius 1 is 1.04 bits per heavy atom. The van der Waals surface area contributed by atoms with Crippen LogP contribution in [0.4, 0.5) is 18.3 Å². The molecule has 0 atom stereocenters. The number of pyridine rings is 1. The van der Waals surface area contributed by atoms with E-state index in [0.717, 1.165) is 35.6 Å². The van der Waals surface area contributed by atoms with Crippen molar-refractivity contribution in [3.05, 3.63) is 64.7 Å². The van der Waals surface area contributed by atoms with E-state index < -0.39 is 23.6 Å². The number of anilines is 1. The molecule has 0 aliphatic carbocycles. The Labute approximate surface area is 161 Å². The van der Waals surface area contributed by atoms with Gasteiger partial charge >= 0.3 is 6.18 Å². The molecule has 0 fully saturated rings. The van der Waals surface area contributed by atoms with E-state index in [-0.39, 0.29) is 15.6 Å². The minimum Gasteiger partial charge on any atom is -0.354 e. The Morgan fingerprint density at radius 3 is 2.32 bits per heavy atom. The van der Waals surface area contributed by atoms with Crippen molar-refractivity contribution in [2.24, 2.45) is 0 Å². The van der Waals surface area contributed by atoms with Crippen LogP contribution in [0.3, 0.4) is 0 Å². The molecule has 3 rings (SSSR count). The van der Waals surface area contributed by atoms with Gasteiger partial charge < -0.3 is 5.32 Å². The highest BCUT2D eigenvalue weighted by molar-refractivity contribution is 7.18. The van der Waals surface area contributed by atoms with Crippen molar-refractivity contribution < 1.29 is 22.8 Å². The molecule has 0 saturated heterocycles. The molecule has 2 N–H and O–H groups in total. The Kier molecular flexibility index (Phi) is 5.41. The number of carbonyl (C=O) groups is 2. The Bertz CT molecular complexity index is 1000. The fourth-order valence-corrected chi connectivity index (χ4v) is 3.21. The van der Waals surface area contributed by atoms with Gasteiger partial charge in [0.25, 0.3) is 11.8 Å². The van der Waals surface area contributed by atoms with Crippen molar-refractivity contribution in [3.8, 4) is 11.4 Å². The number of nitrogens with one attached hydrogen (secondary N) is 2. The van der Waals surface area contributed by atoms with Crippen LogP contribution < -0.4 is 10.6 Å². The first-order chi connectivity index (χ1) is 13.3. The lowest BCUT2D eigenvalue weighted by atomic mass is 10.1. The van der Waals surface area contributed by atoms with Gasteiger partial charge in [0.2, 0.25) is 0 Å². The van der Waals surface area contributed by atoms with E-state index >= 15 is 0 Å². The molecule has 0 aliphatic rings. The Morgan fingerprint density at radius 2 is 1.75 bits per heavy atom. The van der Waals surface area contributed by atoms with E-state index in [4.69, 9.17) is 0 Å². The molecular formula is C18H13F3N4O2S. The third kappa shape index (κ3) is 4.17. The molecular weight excluding hydrogens is 393 g/mol. The van der Waals surface area contributed by atoms with Crippen molar-refractivity contribution >= 4 is 28.3 Å². The molecule has 2 amide bonds. The predicted octanol–water partition coefficient (Wildman–Crippen LogP) is 3.84. The van der Waals surface area contributed by atoms with Crippen molar-refractivity contribution in [1.29, 1.82) is 0 Å². The largest absolute Gasteiger partial charge is 0.416 e. The van der Waals surface area contributed by atoms with Gasteiger partial charge in [-0.2, -0.15) is 13.2 Å². The van der Waals surface area contributed by atoms with Crippen molar-refractivity contribution in [3.63, 3.8) is 0 Å². The van der Waals surface area contributed by atoms with E-state index in [1.807, 2.05) is 0 Å². The van der Waals surface area contributed by atoms with Crippen LogP contribution in [0.2, 0.25) is 0 Å². The number of amides is 2. The second-order valence-corrected chi connectivity index (χ2v) is 6.52. The van der Waals surface area contributed by atoms with E-state index in [9.17, 15) is 22.8 Å². The van der Waals surface area contributed by atoms with Gasteiger partial charge in [-0.1, -0.05) is 17.4 Å². The lowest BCUT2D eigenvalue weighted by Crippen LogP contribution is -2.17. The number of alkyl halides is 3. The molecule has 3 aromatic rings. The highest BCUT2D eigenvalue weighted by atomic mass is 32.1. The van der Waals surface area contributed by atoms with Crippen LogP contribution >= 0.6 is 11.3 Å². The normalized spacial score (nSPS) is 11.1. The van der Waals surface area contributed by atoms with Gasteiger partial charge in [0, 0.05) is 18.8 Å². The van der Waals surface area contributed by atoms with E-state index in [0.29, 0.717) is 11.4 Å². The monoisotopic (exact) mass is 406 g/mol. The summed E-state index contributed by atoms with van der Waals surface area (Å²) in [7, 11) is 1.46. The third-order valence-corrected chi connectivity index (χ3v) is 4.63. The van der Waals surface area contributed by atoms with Gasteiger partial charge in [-0.05, 0) is 36.4 Å². The summed E-state index contributed by atoms with van der Waals surface area (Å²) in [6.45, 7) is 0. The number of thiazole rings is 1.